The fourth-order valence-electron chi connectivity index (χ4n) is 2.73. The second kappa shape index (κ2) is 6.72. The Morgan fingerprint density at radius 2 is 1.81 bits per heavy atom. The molecule has 2 aromatic carbocycles. The molecule has 0 fully saturated rings. The number of aromatic nitrogens is 2. The number of fused-ring (bicyclic) bond motifs is 1. The van der Waals surface area contributed by atoms with Gasteiger partial charge in [0.25, 0.3) is 5.56 Å². The molecule has 2 heterocycles. The van der Waals surface area contributed by atoms with Crippen LogP contribution in [0.25, 0.3) is 21.6 Å². The van der Waals surface area contributed by atoms with Crippen LogP contribution in [0.2, 0.25) is 0 Å². The number of thiophene rings is 1. The number of rotatable bonds is 4. The number of nitrogens with one attached hydrogen (secondary N) is 1. The number of hydrogen-bond acceptors (Lipinski definition) is 4. The lowest BCUT2D eigenvalue weighted by Crippen LogP contribution is -2.31. The van der Waals surface area contributed by atoms with Gasteiger partial charge in [-0.15, -0.1) is 11.3 Å². The van der Waals surface area contributed by atoms with Crippen molar-refractivity contribution >= 4 is 21.6 Å². The SMILES string of the molecule is Cc1ccc(CNn2c(-c3ccc(F)cc3)nc3sccc3c2=O)cc1. The molecule has 0 unspecified atom stereocenters. The minimum Gasteiger partial charge on any atom is -0.317 e. The van der Waals surface area contributed by atoms with Crippen molar-refractivity contribution in [2.45, 2.75) is 13.5 Å². The molecular formula is C20H16FN3OS. The maximum Gasteiger partial charge on any atom is 0.281 e. The van der Waals surface area contributed by atoms with Gasteiger partial charge in [-0.3, -0.25) is 4.79 Å². The fraction of sp³-hybridized carbons (Fsp3) is 0.100. The molecule has 0 bridgehead atoms. The minimum absolute atomic E-state index is 0.164. The number of halogens is 1. The highest BCUT2D eigenvalue weighted by Crippen LogP contribution is 2.21. The minimum atomic E-state index is -0.326. The molecule has 1 N–H and O–H groups in total. The van der Waals surface area contributed by atoms with Crippen molar-refractivity contribution in [2.24, 2.45) is 0 Å². The number of aryl methyl sites for hydroxylation is 1. The van der Waals surface area contributed by atoms with E-state index in [1.807, 2.05) is 36.6 Å². The van der Waals surface area contributed by atoms with Crippen LogP contribution in [-0.2, 0) is 6.54 Å². The van der Waals surface area contributed by atoms with E-state index in [-0.39, 0.29) is 11.4 Å². The van der Waals surface area contributed by atoms with Gasteiger partial charge in [0.1, 0.15) is 10.6 Å². The molecule has 0 spiro atoms. The Morgan fingerprint density at radius 1 is 1.08 bits per heavy atom. The van der Waals surface area contributed by atoms with E-state index in [0.717, 1.165) is 5.56 Å². The number of hydrogen-bond donors (Lipinski definition) is 1. The zero-order valence-corrected chi connectivity index (χ0v) is 14.9. The molecule has 4 aromatic rings. The van der Waals surface area contributed by atoms with Crippen molar-refractivity contribution < 1.29 is 4.39 Å². The topological polar surface area (TPSA) is 46.9 Å². The Balaban J connectivity index is 1.79. The lowest BCUT2D eigenvalue weighted by molar-refractivity contribution is 0.628. The van der Waals surface area contributed by atoms with Gasteiger partial charge in [0.2, 0.25) is 0 Å². The van der Waals surface area contributed by atoms with E-state index < -0.39 is 0 Å². The normalized spacial score (nSPS) is 11.0. The first-order valence-electron chi connectivity index (χ1n) is 8.17. The molecular weight excluding hydrogens is 349 g/mol. The monoisotopic (exact) mass is 365 g/mol. The van der Waals surface area contributed by atoms with Crippen LogP contribution in [0.4, 0.5) is 4.39 Å². The highest BCUT2D eigenvalue weighted by molar-refractivity contribution is 7.16. The van der Waals surface area contributed by atoms with Gasteiger partial charge < -0.3 is 5.43 Å². The molecule has 0 saturated heterocycles. The maximum absolute atomic E-state index is 13.3. The first-order valence-corrected chi connectivity index (χ1v) is 9.05. The van der Waals surface area contributed by atoms with E-state index in [1.165, 1.54) is 33.7 Å². The Morgan fingerprint density at radius 3 is 2.54 bits per heavy atom. The van der Waals surface area contributed by atoms with Gasteiger partial charge in [-0.25, -0.2) is 14.1 Å². The standard InChI is InChI=1S/C20H16FN3OS/c1-13-2-4-14(5-3-13)12-22-24-18(15-6-8-16(21)9-7-15)23-19-17(20(24)25)10-11-26-19/h2-11,22H,12H2,1H3. The van der Waals surface area contributed by atoms with Crippen LogP contribution < -0.4 is 11.0 Å². The molecule has 0 saturated carbocycles. The van der Waals surface area contributed by atoms with E-state index in [2.05, 4.69) is 10.4 Å². The average Bonchev–Trinajstić information content (AvgIpc) is 3.12. The zero-order valence-electron chi connectivity index (χ0n) is 14.1. The third-order valence-electron chi connectivity index (χ3n) is 4.16. The van der Waals surface area contributed by atoms with Crippen molar-refractivity contribution in [1.29, 1.82) is 0 Å². The predicted octanol–water partition coefficient (Wildman–Crippen LogP) is 4.32. The van der Waals surface area contributed by atoms with Crippen LogP contribution in [0.5, 0.6) is 0 Å². The lowest BCUT2D eigenvalue weighted by Gasteiger charge is -2.15. The van der Waals surface area contributed by atoms with Crippen molar-refractivity contribution in [3.8, 4) is 11.4 Å². The Bertz CT molecular complexity index is 1110. The molecule has 0 aliphatic heterocycles. The van der Waals surface area contributed by atoms with E-state index >= 15 is 0 Å². The summed E-state index contributed by atoms with van der Waals surface area (Å²) < 4.78 is 14.7. The summed E-state index contributed by atoms with van der Waals surface area (Å²) in [5.74, 6) is 0.143. The maximum atomic E-state index is 13.3. The van der Waals surface area contributed by atoms with Crippen LogP contribution in [0.3, 0.4) is 0 Å². The molecule has 4 nitrogen and oxygen atoms in total. The fourth-order valence-corrected chi connectivity index (χ4v) is 3.48. The molecule has 2 aromatic heterocycles. The molecule has 0 radical (unpaired) electrons. The van der Waals surface area contributed by atoms with Gasteiger partial charge in [0, 0.05) is 5.56 Å². The van der Waals surface area contributed by atoms with Crippen LogP contribution in [0.15, 0.2) is 64.8 Å². The van der Waals surface area contributed by atoms with E-state index in [0.29, 0.717) is 28.1 Å². The van der Waals surface area contributed by atoms with Gasteiger partial charge in [-0.05, 0) is 48.2 Å². The van der Waals surface area contributed by atoms with Crippen LogP contribution >= 0.6 is 11.3 Å². The summed E-state index contributed by atoms with van der Waals surface area (Å²) in [6.45, 7) is 2.51. The lowest BCUT2D eigenvalue weighted by atomic mass is 10.1. The summed E-state index contributed by atoms with van der Waals surface area (Å²) in [6.07, 6.45) is 0. The van der Waals surface area contributed by atoms with Crippen LogP contribution in [0, 0.1) is 12.7 Å². The molecule has 4 rings (SSSR count). The molecule has 130 valence electrons. The summed E-state index contributed by atoms with van der Waals surface area (Å²) in [5, 5.41) is 2.41. The van der Waals surface area contributed by atoms with Gasteiger partial charge in [0.05, 0.1) is 11.9 Å². The molecule has 26 heavy (non-hydrogen) atoms. The van der Waals surface area contributed by atoms with Crippen molar-refractivity contribution in [1.82, 2.24) is 9.66 Å². The third-order valence-corrected chi connectivity index (χ3v) is 4.97. The highest BCUT2D eigenvalue weighted by Gasteiger charge is 2.14. The van der Waals surface area contributed by atoms with E-state index in [4.69, 9.17) is 0 Å². The van der Waals surface area contributed by atoms with Gasteiger partial charge in [-0.2, -0.15) is 0 Å². The molecule has 0 aliphatic rings. The van der Waals surface area contributed by atoms with Crippen LogP contribution in [-0.4, -0.2) is 9.66 Å². The van der Waals surface area contributed by atoms with Gasteiger partial charge in [0.15, 0.2) is 5.82 Å². The predicted molar refractivity (Wildman–Crippen MR) is 104 cm³/mol. The van der Waals surface area contributed by atoms with E-state index in [1.54, 1.807) is 18.2 Å². The molecule has 0 aliphatic carbocycles. The third kappa shape index (κ3) is 3.11. The molecule has 6 heteroatoms. The van der Waals surface area contributed by atoms with Crippen molar-refractivity contribution in [2.75, 3.05) is 5.43 Å². The smallest absolute Gasteiger partial charge is 0.281 e. The average molecular weight is 365 g/mol. The Labute approximate surface area is 153 Å². The molecule has 0 atom stereocenters. The number of nitrogens with zero attached hydrogens (tertiary/aromatic N) is 2. The summed E-state index contributed by atoms with van der Waals surface area (Å²) in [7, 11) is 0. The first-order chi connectivity index (χ1) is 12.6. The summed E-state index contributed by atoms with van der Waals surface area (Å²) in [5.41, 5.74) is 5.91. The molecule has 0 amide bonds. The second-order valence-electron chi connectivity index (χ2n) is 6.04. The summed E-state index contributed by atoms with van der Waals surface area (Å²) in [4.78, 5) is 18.2. The Hall–Kier alpha value is -2.99. The largest absolute Gasteiger partial charge is 0.317 e. The highest BCUT2D eigenvalue weighted by atomic mass is 32.1. The van der Waals surface area contributed by atoms with Crippen molar-refractivity contribution in [3.05, 3.63) is 87.3 Å². The quantitative estimate of drug-likeness (QED) is 0.586. The number of benzene rings is 2. The van der Waals surface area contributed by atoms with E-state index in [9.17, 15) is 9.18 Å². The van der Waals surface area contributed by atoms with Crippen LogP contribution in [0.1, 0.15) is 11.1 Å². The summed E-state index contributed by atoms with van der Waals surface area (Å²) in [6, 6.07) is 15.8. The second-order valence-corrected chi connectivity index (χ2v) is 6.94. The van der Waals surface area contributed by atoms with Gasteiger partial charge in [-0.1, -0.05) is 29.8 Å². The first kappa shape index (κ1) is 16.5. The Kier molecular flexibility index (Phi) is 4.26. The zero-order chi connectivity index (χ0) is 18.1. The van der Waals surface area contributed by atoms with Crippen molar-refractivity contribution in [3.63, 3.8) is 0 Å². The summed E-state index contributed by atoms with van der Waals surface area (Å²) >= 11 is 1.41. The van der Waals surface area contributed by atoms with Gasteiger partial charge >= 0.3 is 0 Å².